The minimum Gasteiger partial charge on any atom is -0.453 e. The number of carbonyl (C=O) groups is 2. The Bertz CT molecular complexity index is 879. The lowest BCUT2D eigenvalue weighted by atomic mass is 10.2. The van der Waals surface area contributed by atoms with Crippen LogP contribution in [0.2, 0.25) is 5.02 Å². The van der Waals surface area contributed by atoms with Crippen LogP contribution in [-0.4, -0.2) is 25.8 Å². The van der Waals surface area contributed by atoms with Crippen LogP contribution >= 0.6 is 11.6 Å². The van der Waals surface area contributed by atoms with Crippen LogP contribution in [0.25, 0.3) is 0 Å². The maximum atomic E-state index is 12.6. The van der Waals surface area contributed by atoms with Crippen molar-refractivity contribution in [3.63, 3.8) is 0 Å². The van der Waals surface area contributed by atoms with E-state index in [9.17, 15) is 9.59 Å². The summed E-state index contributed by atoms with van der Waals surface area (Å²) in [6, 6.07) is 13.5. The van der Waals surface area contributed by atoms with Crippen LogP contribution in [0, 0.1) is 18.3 Å². The predicted molar refractivity (Wildman–Crippen MR) is 102 cm³/mol. The van der Waals surface area contributed by atoms with Gasteiger partial charge in [0.05, 0.1) is 19.6 Å². The first-order valence-corrected chi connectivity index (χ1v) is 8.40. The first-order chi connectivity index (χ1) is 12.9. The fraction of sp³-hybridized carbons (Fsp3) is 0.211. The van der Waals surface area contributed by atoms with E-state index in [1.807, 2.05) is 13.0 Å². The molecule has 0 unspecified atom stereocenters. The second-order valence-electron chi connectivity index (χ2n) is 5.51. The first-order valence-electron chi connectivity index (χ1n) is 8.02. The third-order valence-corrected chi connectivity index (χ3v) is 4.01. The fourth-order valence-electron chi connectivity index (χ4n) is 2.20. The Balaban J connectivity index is 2.20. The largest absolute Gasteiger partial charge is 0.453 e. The second kappa shape index (κ2) is 9.46. The molecule has 7 nitrogen and oxygen atoms in total. The number of nitrogens with one attached hydrogen (secondary N) is 1. The average Bonchev–Trinajstić information content (AvgIpc) is 2.65. The molecule has 140 valence electrons. The number of benzene rings is 2. The van der Waals surface area contributed by atoms with E-state index in [-0.39, 0.29) is 18.7 Å². The molecule has 8 heteroatoms. The van der Waals surface area contributed by atoms with Gasteiger partial charge in [0.2, 0.25) is 0 Å². The van der Waals surface area contributed by atoms with Gasteiger partial charge in [-0.15, -0.1) is 0 Å². The molecule has 2 amide bonds. The van der Waals surface area contributed by atoms with Crippen LogP contribution in [0.1, 0.15) is 12.0 Å². The van der Waals surface area contributed by atoms with Crippen molar-refractivity contribution in [1.29, 1.82) is 5.26 Å². The van der Waals surface area contributed by atoms with Gasteiger partial charge >= 0.3 is 12.2 Å². The van der Waals surface area contributed by atoms with Crippen molar-refractivity contribution in [3.05, 3.63) is 53.1 Å². The summed E-state index contributed by atoms with van der Waals surface area (Å²) < 4.78 is 9.92. The Morgan fingerprint density at radius 2 is 2.04 bits per heavy atom. The molecule has 0 saturated carbocycles. The van der Waals surface area contributed by atoms with Gasteiger partial charge in [0.1, 0.15) is 5.75 Å². The van der Waals surface area contributed by atoms with Crippen molar-refractivity contribution in [2.45, 2.75) is 13.3 Å². The summed E-state index contributed by atoms with van der Waals surface area (Å²) in [5.41, 5.74) is 1.80. The Morgan fingerprint density at radius 3 is 2.70 bits per heavy atom. The van der Waals surface area contributed by atoms with Crippen molar-refractivity contribution in [2.24, 2.45) is 0 Å². The normalized spacial score (nSPS) is 9.85. The molecule has 0 aliphatic rings. The molecule has 0 aliphatic carbocycles. The van der Waals surface area contributed by atoms with Crippen LogP contribution < -0.4 is 15.0 Å². The minimum atomic E-state index is -0.666. The van der Waals surface area contributed by atoms with Crippen LogP contribution in [0.3, 0.4) is 0 Å². The molecule has 0 aliphatic heterocycles. The van der Waals surface area contributed by atoms with Crippen molar-refractivity contribution in [3.8, 4) is 11.8 Å². The number of nitrogens with zero attached hydrogens (tertiary/aromatic N) is 2. The molecule has 0 heterocycles. The van der Waals surface area contributed by atoms with Crippen LogP contribution in [0.4, 0.5) is 21.0 Å². The number of hydrogen-bond acceptors (Lipinski definition) is 5. The zero-order valence-corrected chi connectivity index (χ0v) is 15.6. The van der Waals surface area contributed by atoms with Crippen molar-refractivity contribution < 1.29 is 19.1 Å². The lowest BCUT2D eigenvalue weighted by molar-refractivity contribution is 0.187. The van der Waals surface area contributed by atoms with Gasteiger partial charge in [0.15, 0.2) is 0 Å². The van der Waals surface area contributed by atoms with Crippen molar-refractivity contribution >= 4 is 35.2 Å². The molecule has 27 heavy (non-hydrogen) atoms. The Labute approximate surface area is 162 Å². The summed E-state index contributed by atoms with van der Waals surface area (Å²) in [5.74, 6) is 0.231. The standard InChI is InChI=1S/C19H18ClN3O4/c1-13-7-8-15(12-17(13)20)23(10-4-9-21)19(25)27-16-6-3-5-14(11-16)22-18(24)26-2/h3,5-8,11-12H,4,10H2,1-2H3,(H,22,24). The highest BCUT2D eigenvalue weighted by molar-refractivity contribution is 6.31. The number of carbonyl (C=O) groups excluding carboxylic acids is 2. The molecule has 0 saturated heterocycles. The average molecular weight is 388 g/mol. The van der Waals surface area contributed by atoms with E-state index in [0.29, 0.717) is 16.4 Å². The lowest BCUT2D eigenvalue weighted by Crippen LogP contribution is -2.34. The SMILES string of the molecule is COC(=O)Nc1cccc(OC(=O)N(CCC#N)c2ccc(C)c(Cl)c2)c1. The number of anilines is 2. The maximum absolute atomic E-state index is 12.6. The van der Waals surface area contributed by atoms with Crippen LogP contribution in [0.5, 0.6) is 5.75 Å². The lowest BCUT2D eigenvalue weighted by Gasteiger charge is -2.21. The van der Waals surface area contributed by atoms with E-state index < -0.39 is 12.2 Å². The quantitative estimate of drug-likeness (QED) is 0.799. The highest BCUT2D eigenvalue weighted by atomic mass is 35.5. The molecule has 0 fully saturated rings. The van der Waals surface area contributed by atoms with Gasteiger partial charge in [-0.25, -0.2) is 9.59 Å². The van der Waals surface area contributed by atoms with E-state index in [2.05, 4.69) is 10.1 Å². The van der Waals surface area contributed by atoms with E-state index in [4.69, 9.17) is 21.6 Å². The summed E-state index contributed by atoms with van der Waals surface area (Å²) in [6.45, 7) is 2.00. The Morgan fingerprint density at radius 1 is 1.26 bits per heavy atom. The molecule has 2 aromatic rings. The summed E-state index contributed by atoms with van der Waals surface area (Å²) in [4.78, 5) is 25.3. The molecule has 2 rings (SSSR count). The van der Waals surface area contributed by atoms with Gasteiger partial charge in [-0.05, 0) is 36.8 Å². The molecule has 0 atom stereocenters. The Hall–Kier alpha value is -3.24. The number of hydrogen-bond donors (Lipinski definition) is 1. The van der Waals surface area contributed by atoms with Crippen LogP contribution in [0.15, 0.2) is 42.5 Å². The minimum absolute atomic E-state index is 0.129. The summed E-state index contributed by atoms with van der Waals surface area (Å²) in [7, 11) is 1.25. The highest BCUT2D eigenvalue weighted by Crippen LogP contribution is 2.25. The highest BCUT2D eigenvalue weighted by Gasteiger charge is 2.19. The van der Waals surface area contributed by atoms with E-state index in [1.54, 1.807) is 36.4 Å². The number of methoxy groups -OCH3 is 1. The molecule has 2 aromatic carbocycles. The molecule has 1 N–H and O–H groups in total. The van der Waals surface area contributed by atoms with Gasteiger partial charge in [0, 0.05) is 29.0 Å². The third-order valence-electron chi connectivity index (χ3n) is 3.61. The summed E-state index contributed by atoms with van der Waals surface area (Å²) in [6.07, 6.45) is -1.17. The molecule has 0 aromatic heterocycles. The number of ether oxygens (including phenoxy) is 2. The second-order valence-corrected chi connectivity index (χ2v) is 5.91. The van der Waals surface area contributed by atoms with Crippen molar-refractivity contribution in [1.82, 2.24) is 0 Å². The van der Waals surface area contributed by atoms with Crippen molar-refractivity contribution in [2.75, 3.05) is 23.9 Å². The third kappa shape index (κ3) is 5.62. The van der Waals surface area contributed by atoms with Gasteiger partial charge in [-0.1, -0.05) is 23.7 Å². The number of rotatable bonds is 5. The predicted octanol–water partition coefficient (Wildman–Crippen LogP) is 4.75. The topological polar surface area (TPSA) is 91.7 Å². The number of nitriles is 1. The van der Waals surface area contributed by atoms with Gasteiger partial charge < -0.3 is 9.47 Å². The molecule has 0 radical (unpaired) electrons. The van der Waals surface area contributed by atoms with E-state index >= 15 is 0 Å². The maximum Gasteiger partial charge on any atom is 0.419 e. The zero-order valence-electron chi connectivity index (χ0n) is 14.9. The molecule has 0 bridgehead atoms. The first kappa shape index (κ1) is 20.1. The number of aryl methyl sites for hydroxylation is 1. The molecular weight excluding hydrogens is 370 g/mol. The van der Waals surface area contributed by atoms with E-state index in [1.165, 1.54) is 18.1 Å². The number of amides is 2. The summed E-state index contributed by atoms with van der Waals surface area (Å²) in [5, 5.41) is 11.9. The monoisotopic (exact) mass is 387 g/mol. The fourth-order valence-corrected chi connectivity index (χ4v) is 2.37. The van der Waals surface area contributed by atoms with Gasteiger partial charge in [-0.2, -0.15) is 5.26 Å². The Kier molecular flexibility index (Phi) is 7.03. The molecular formula is C19H18ClN3O4. The summed E-state index contributed by atoms with van der Waals surface area (Å²) >= 11 is 6.14. The zero-order chi connectivity index (χ0) is 19.8. The van der Waals surface area contributed by atoms with Gasteiger partial charge in [0.25, 0.3) is 0 Å². The smallest absolute Gasteiger partial charge is 0.419 e. The number of halogens is 1. The molecule has 0 spiro atoms. The van der Waals surface area contributed by atoms with Gasteiger partial charge in [-0.3, -0.25) is 10.2 Å². The van der Waals surface area contributed by atoms with E-state index in [0.717, 1.165) is 5.56 Å². The van der Waals surface area contributed by atoms with Crippen LogP contribution in [-0.2, 0) is 4.74 Å².